The quantitative estimate of drug-likeness (QED) is 0.426. The molecule has 2 aromatic heterocycles. The van der Waals surface area contributed by atoms with E-state index in [1.54, 1.807) is 35.0 Å². The predicted molar refractivity (Wildman–Crippen MR) is 79.0 cm³/mol. The fourth-order valence-corrected chi connectivity index (χ4v) is 2.14. The normalized spacial score (nSPS) is 11.6. The number of carbonyl (C=O) groups is 1. The summed E-state index contributed by atoms with van der Waals surface area (Å²) in [5.74, 6) is -1.21. The number of hydrogen-bond acceptors (Lipinski definition) is 5. The van der Waals surface area contributed by atoms with Crippen LogP contribution < -0.4 is 0 Å². The lowest BCUT2D eigenvalue weighted by atomic mass is 10.2. The number of ketones is 1. The SMILES string of the molecule is O=C(C=C(O)c1nn[nH]n1)c1cccn1Cc1cccc(F)c1. The van der Waals surface area contributed by atoms with Crippen LogP contribution in [0.1, 0.15) is 21.9 Å². The first-order chi connectivity index (χ1) is 11.1. The summed E-state index contributed by atoms with van der Waals surface area (Å²) in [4.78, 5) is 12.3. The molecule has 0 amide bonds. The van der Waals surface area contributed by atoms with E-state index in [1.807, 2.05) is 0 Å². The lowest BCUT2D eigenvalue weighted by Gasteiger charge is -2.07. The number of aliphatic hydroxyl groups is 1. The molecule has 3 rings (SSSR count). The zero-order chi connectivity index (χ0) is 16.2. The standard InChI is InChI=1S/C15H12FN5O2/c16-11-4-1-3-10(7-11)9-21-6-2-5-12(21)13(22)8-14(23)15-17-19-20-18-15/h1-8,23H,9H2,(H,17,18,19,20). The number of tetrazole rings is 1. The molecule has 0 radical (unpaired) electrons. The Labute approximate surface area is 130 Å². The maximum atomic E-state index is 13.2. The van der Waals surface area contributed by atoms with Gasteiger partial charge in [0.15, 0.2) is 5.76 Å². The molecular weight excluding hydrogens is 301 g/mol. The molecule has 0 spiro atoms. The monoisotopic (exact) mass is 313 g/mol. The van der Waals surface area contributed by atoms with Gasteiger partial charge >= 0.3 is 0 Å². The van der Waals surface area contributed by atoms with E-state index in [9.17, 15) is 14.3 Å². The first-order valence-corrected chi connectivity index (χ1v) is 6.72. The van der Waals surface area contributed by atoms with Crippen LogP contribution in [0.2, 0.25) is 0 Å². The third-order valence-corrected chi connectivity index (χ3v) is 3.17. The van der Waals surface area contributed by atoms with Crippen molar-refractivity contribution in [3.05, 3.63) is 71.6 Å². The smallest absolute Gasteiger partial charge is 0.239 e. The average Bonchev–Trinajstić information content (AvgIpc) is 3.18. The highest BCUT2D eigenvalue weighted by atomic mass is 19.1. The summed E-state index contributed by atoms with van der Waals surface area (Å²) in [6.45, 7) is 0.336. The van der Waals surface area contributed by atoms with Crippen molar-refractivity contribution >= 4 is 11.5 Å². The number of nitrogens with zero attached hydrogens (tertiary/aromatic N) is 4. The van der Waals surface area contributed by atoms with Gasteiger partial charge < -0.3 is 9.67 Å². The summed E-state index contributed by atoms with van der Waals surface area (Å²) in [6.07, 6.45) is 2.72. The Hall–Kier alpha value is -3.29. The summed E-state index contributed by atoms with van der Waals surface area (Å²) in [7, 11) is 0. The van der Waals surface area contributed by atoms with Crippen LogP contribution in [0.5, 0.6) is 0 Å². The number of carbonyl (C=O) groups excluding carboxylic acids is 1. The highest BCUT2D eigenvalue weighted by molar-refractivity contribution is 6.06. The first kappa shape index (κ1) is 14.6. The molecule has 0 fully saturated rings. The minimum absolute atomic E-state index is 0.0680. The van der Waals surface area contributed by atoms with Gasteiger partial charge in [-0.15, -0.1) is 10.2 Å². The van der Waals surface area contributed by atoms with Gasteiger partial charge in [-0.1, -0.05) is 12.1 Å². The van der Waals surface area contributed by atoms with Gasteiger partial charge in [0.1, 0.15) is 5.82 Å². The summed E-state index contributed by atoms with van der Waals surface area (Å²) in [5, 5.41) is 22.5. The van der Waals surface area contributed by atoms with Crippen molar-refractivity contribution in [3.63, 3.8) is 0 Å². The zero-order valence-corrected chi connectivity index (χ0v) is 11.8. The molecule has 0 saturated heterocycles. The average molecular weight is 313 g/mol. The second-order valence-electron chi connectivity index (χ2n) is 4.78. The summed E-state index contributed by atoms with van der Waals surface area (Å²) < 4.78 is 14.9. The van der Waals surface area contributed by atoms with Crippen LogP contribution in [-0.2, 0) is 6.54 Å². The van der Waals surface area contributed by atoms with E-state index in [0.717, 1.165) is 11.6 Å². The van der Waals surface area contributed by atoms with Crippen LogP contribution in [0.25, 0.3) is 5.76 Å². The summed E-state index contributed by atoms with van der Waals surface area (Å²) >= 11 is 0. The molecule has 2 heterocycles. The molecular formula is C15H12FN5O2. The molecule has 0 bridgehead atoms. The minimum atomic E-state index is -0.422. The van der Waals surface area contributed by atoms with E-state index in [-0.39, 0.29) is 17.4 Å². The van der Waals surface area contributed by atoms with Crippen molar-refractivity contribution in [2.24, 2.45) is 0 Å². The molecule has 0 saturated carbocycles. The highest BCUT2D eigenvalue weighted by Gasteiger charge is 2.13. The lowest BCUT2D eigenvalue weighted by Crippen LogP contribution is -2.08. The van der Waals surface area contributed by atoms with Crippen molar-refractivity contribution < 1.29 is 14.3 Å². The number of aliphatic hydroxyl groups excluding tert-OH is 1. The Kier molecular flexibility index (Phi) is 3.96. The van der Waals surface area contributed by atoms with Gasteiger partial charge in [-0.05, 0) is 35.0 Å². The molecule has 0 atom stereocenters. The van der Waals surface area contributed by atoms with Gasteiger partial charge in [0.25, 0.3) is 0 Å². The number of H-pyrrole nitrogens is 1. The van der Waals surface area contributed by atoms with Crippen LogP contribution >= 0.6 is 0 Å². The second-order valence-corrected chi connectivity index (χ2v) is 4.78. The number of rotatable bonds is 5. The third kappa shape index (κ3) is 3.31. The lowest BCUT2D eigenvalue weighted by molar-refractivity contribution is 0.103. The van der Waals surface area contributed by atoms with E-state index < -0.39 is 5.78 Å². The van der Waals surface area contributed by atoms with Crippen molar-refractivity contribution in [2.45, 2.75) is 6.54 Å². The van der Waals surface area contributed by atoms with E-state index in [1.165, 1.54) is 12.1 Å². The number of halogens is 1. The molecule has 116 valence electrons. The molecule has 2 N–H and O–H groups in total. The van der Waals surface area contributed by atoms with Gasteiger partial charge in [0.2, 0.25) is 11.6 Å². The molecule has 0 aliphatic carbocycles. The number of benzene rings is 1. The van der Waals surface area contributed by atoms with Crippen molar-refractivity contribution in [1.82, 2.24) is 25.2 Å². The van der Waals surface area contributed by atoms with Crippen LogP contribution in [0.15, 0.2) is 48.7 Å². The minimum Gasteiger partial charge on any atom is -0.504 e. The van der Waals surface area contributed by atoms with Crippen molar-refractivity contribution in [1.29, 1.82) is 0 Å². The molecule has 0 aliphatic heterocycles. The van der Waals surface area contributed by atoms with E-state index in [4.69, 9.17) is 0 Å². The van der Waals surface area contributed by atoms with Gasteiger partial charge in [-0.2, -0.15) is 5.21 Å². The number of nitrogens with one attached hydrogen (secondary N) is 1. The van der Waals surface area contributed by atoms with Crippen molar-refractivity contribution in [2.75, 3.05) is 0 Å². The maximum absolute atomic E-state index is 13.2. The Morgan fingerprint density at radius 1 is 1.35 bits per heavy atom. The highest BCUT2D eigenvalue weighted by Crippen LogP contribution is 2.12. The molecule has 8 heteroatoms. The van der Waals surface area contributed by atoms with E-state index in [0.29, 0.717) is 12.2 Å². The zero-order valence-electron chi connectivity index (χ0n) is 11.8. The Balaban J connectivity index is 1.83. The number of aromatic amines is 1. The fraction of sp³-hybridized carbons (Fsp3) is 0.0667. The summed E-state index contributed by atoms with van der Waals surface area (Å²) in [6, 6.07) is 9.45. The molecule has 0 aliphatic rings. The first-order valence-electron chi connectivity index (χ1n) is 6.72. The molecule has 7 nitrogen and oxygen atoms in total. The number of allylic oxidation sites excluding steroid dienone is 1. The molecule has 1 aromatic carbocycles. The molecule has 3 aromatic rings. The van der Waals surface area contributed by atoms with Gasteiger partial charge in [0, 0.05) is 18.8 Å². The van der Waals surface area contributed by atoms with Gasteiger partial charge in [-0.25, -0.2) is 4.39 Å². The Bertz CT molecular complexity index is 854. The molecule has 0 unspecified atom stereocenters. The van der Waals surface area contributed by atoms with Crippen LogP contribution in [0.4, 0.5) is 4.39 Å². The van der Waals surface area contributed by atoms with Crippen molar-refractivity contribution in [3.8, 4) is 0 Å². The van der Waals surface area contributed by atoms with E-state index in [2.05, 4.69) is 20.6 Å². The van der Waals surface area contributed by atoms with Crippen LogP contribution in [0, 0.1) is 5.82 Å². The fourth-order valence-electron chi connectivity index (χ4n) is 2.14. The van der Waals surface area contributed by atoms with Gasteiger partial charge in [-0.3, -0.25) is 4.79 Å². The number of hydrogen-bond donors (Lipinski definition) is 2. The number of aromatic nitrogens is 5. The Morgan fingerprint density at radius 3 is 2.96 bits per heavy atom. The van der Waals surface area contributed by atoms with E-state index >= 15 is 0 Å². The third-order valence-electron chi connectivity index (χ3n) is 3.17. The molecule has 23 heavy (non-hydrogen) atoms. The Morgan fingerprint density at radius 2 is 2.22 bits per heavy atom. The summed E-state index contributed by atoms with van der Waals surface area (Å²) in [5.41, 5.74) is 1.07. The topological polar surface area (TPSA) is 96.7 Å². The second kappa shape index (κ2) is 6.22. The van der Waals surface area contributed by atoms with Crippen LogP contribution in [0.3, 0.4) is 0 Å². The maximum Gasteiger partial charge on any atom is 0.239 e. The van der Waals surface area contributed by atoms with Crippen LogP contribution in [-0.4, -0.2) is 36.1 Å². The predicted octanol–water partition coefficient (Wildman–Crippen LogP) is 1.97. The largest absolute Gasteiger partial charge is 0.504 e. The van der Waals surface area contributed by atoms with Gasteiger partial charge in [0.05, 0.1) is 5.69 Å².